The first kappa shape index (κ1) is 15.7. The number of para-hydroxylation sites is 2. The van der Waals surface area contributed by atoms with E-state index < -0.39 is 0 Å². The van der Waals surface area contributed by atoms with Crippen molar-refractivity contribution < 1.29 is 0 Å². The van der Waals surface area contributed by atoms with Gasteiger partial charge in [0, 0.05) is 33.8 Å². The number of benzene rings is 2. The number of fused-ring (bicyclic) bond motifs is 4. The third kappa shape index (κ3) is 2.05. The lowest BCUT2D eigenvalue weighted by molar-refractivity contribution is 0.238. The van der Waals surface area contributed by atoms with Crippen molar-refractivity contribution in [3.63, 3.8) is 0 Å². The largest absolute Gasteiger partial charge is 0.376 e. The number of nitrogens with one attached hydrogen (secondary N) is 2. The zero-order valence-corrected chi connectivity index (χ0v) is 16.0. The zero-order chi connectivity index (χ0) is 18.1. The fourth-order valence-electron chi connectivity index (χ4n) is 5.76. The van der Waals surface area contributed by atoms with Gasteiger partial charge in [-0.25, -0.2) is 0 Å². The fraction of sp³-hybridized carbons (Fsp3) is 0.333. The van der Waals surface area contributed by atoms with Gasteiger partial charge in [-0.1, -0.05) is 56.3 Å². The lowest BCUT2D eigenvalue weighted by atomic mass is 9.60. The summed E-state index contributed by atoms with van der Waals surface area (Å²) in [5.74, 6) is 0.487. The van der Waals surface area contributed by atoms with Crippen LogP contribution >= 0.6 is 0 Å². The van der Waals surface area contributed by atoms with Crippen molar-refractivity contribution >= 4 is 22.2 Å². The number of hydrogen-bond donors (Lipinski definition) is 2. The SMILES string of the molecule is Cc1[nH]c2ccccc2c1C1=CC2(C)Nc3ccccc3C2C(C)(C)C1. The predicted molar refractivity (Wildman–Crippen MR) is 111 cm³/mol. The Bertz CT molecular complexity index is 1050. The minimum Gasteiger partial charge on any atom is -0.376 e. The molecular formula is C24H26N2. The molecule has 0 spiro atoms. The number of aryl methyl sites for hydroxylation is 1. The van der Waals surface area contributed by atoms with Crippen molar-refractivity contribution in [2.24, 2.45) is 5.41 Å². The maximum atomic E-state index is 3.84. The minimum atomic E-state index is -0.0500. The average molecular weight is 342 g/mol. The van der Waals surface area contributed by atoms with Gasteiger partial charge in [-0.2, -0.15) is 0 Å². The number of rotatable bonds is 1. The highest BCUT2D eigenvalue weighted by Crippen LogP contribution is 2.59. The van der Waals surface area contributed by atoms with Crippen LogP contribution in [0.2, 0.25) is 0 Å². The van der Waals surface area contributed by atoms with Crippen LogP contribution in [-0.4, -0.2) is 10.5 Å². The molecule has 3 aromatic rings. The highest BCUT2D eigenvalue weighted by atomic mass is 15.0. The molecule has 0 saturated carbocycles. The van der Waals surface area contributed by atoms with E-state index in [4.69, 9.17) is 0 Å². The summed E-state index contributed by atoms with van der Waals surface area (Å²) in [6, 6.07) is 17.5. The Kier molecular flexibility index (Phi) is 3.05. The normalized spacial score (nSPS) is 26.2. The molecule has 1 aromatic heterocycles. The number of anilines is 1. The van der Waals surface area contributed by atoms with E-state index in [0.717, 1.165) is 6.42 Å². The molecular weight excluding hydrogens is 316 g/mol. The molecule has 2 heteroatoms. The van der Waals surface area contributed by atoms with E-state index in [2.05, 4.69) is 92.6 Å². The topological polar surface area (TPSA) is 27.8 Å². The molecule has 0 bridgehead atoms. The molecule has 0 saturated heterocycles. The van der Waals surface area contributed by atoms with Crippen LogP contribution in [0.1, 0.15) is 49.9 Å². The molecule has 132 valence electrons. The molecule has 0 radical (unpaired) electrons. The second-order valence-electron chi connectivity index (χ2n) is 8.93. The van der Waals surface area contributed by atoms with Gasteiger partial charge in [-0.3, -0.25) is 0 Å². The van der Waals surface area contributed by atoms with Crippen LogP contribution in [0.3, 0.4) is 0 Å². The fourth-order valence-corrected chi connectivity index (χ4v) is 5.76. The van der Waals surface area contributed by atoms with Gasteiger partial charge in [-0.15, -0.1) is 0 Å². The van der Waals surface area contributed by atoms with Gasteiger partial charge < -0.3 is 10.3 Å². The molecule has 2 heterocycles. The summed E-state index contributed by atoms with van der Waals surface area (Å²) in [6.45, 7) is 9.42. The van der Waals surface area contributed by atoms with E-state index in [1.54, 1.807) is 0 Å². The summed E-state index contributed by atoms with van der Waals surface area (Å²) in [4.78, 5) is 3.58. The Morgan fingerprint density at radius 2 is 1.69 bits per heavy atom. The van der Waals surface area contributed by atoms with Crippen LogP contribution in [0, 0.1) is 12.3 Å². The Labute approximate surface area is 155 Å². The van der Waals surface area contributed by atoms with Gasteiger partial charge in [0.05, 0.1) is 5.54 Å². The van der Waals surface area contributed by atoms with Crippen molar-refractivity contribution in [1.82, 2.24) is 4.98 Å². The Morgan fingerprint density at radius 1 is 0.962 bits per heavy atom. The summed E-state index contributed by atoms with van der Waals surface area (Å²) < 4.78 is 0. The number of hydrogen-bond acceptors (Lipinski definition) is 1. The number of aromatic nitrogens is 1. The highest BCUT2D eigenvalue weighted by molar-refractivity contribution is 5.95. The zero-order valence-electron chi connectivity index (χ0n) is 16.0. The van der Waals surface area contributed by atoms with Crippen molar-refractivity contribution in [2.45, 2.75) is 45.6 Å². The van der Waals surface area contributed by atoms with E-state index in [9.17, 15) is 0 Å². The van der Waals surface area contributed by atoms with Gasteiger partial charge >= 0.3 is 0 Å². The van der Waals surface area contributed by atoms with Gasteiger partial charge in [0.25, 0.3) is 0 Å². The first-order valence-electron chi connectivity index (χ1n) is 9.56. The molecule has 1 aliphatic heterocycles. The number of H-pyrrole nitrogens is 1. The Hall–Kier alpha value is -2.48. The van der Waals surface area contributed by atoms with Crippen LogP contribution in [0.15, 0.2) is 54.6 Å². The molecule has 1 aliphatic carbocycles. The molecule has 2 aromatic carbocycles. The van der Waals surface area contributed by atoms with Gasteiger partial charge in [0.15, 0.2) is 0 Å². The van der Waals surface area contributed by atoms with E-state index in [1.165, 1.54) is 39.0 Å². The standard InChI is InChI=1S/C24H26N2/c1-15-21(17-9-5-7-11-19(17)25-15)16-13-23(2,3)22-18-10-6-8-12-20(18)26-24(22,4)14-16/h5-12,14,22,25-26H,13H2,1-4H3. The first-order valence-corrected chi connectivity index (χ1v) is 9.56. The van der Waals surface area contributed by atoms with Gasteiger partial charge in [0.1, 0.15) is 0 Å². The van der Waals surface area contributed by atoms with Crippen molar-refractivity contribution in [1.29, 1.82) is 0 Å². The lowest BCUT2D eigenvalue weighted by Crippen LogP contribution is -2.44. The molecule has 2 atom stereocenters. The summed E-state index contributed by atoms with van der Waals surface area (Å²) in [6.07, 6.45) is 3.59. The lowest BCUT2D eigenvalue weighted by Gasteiger charge is -2.46. The second-order valence-corrected chi connectivity index (χ2v) is 8.93. The van der Waals surface area contributed by atoms with Crippen molar-refractivity contribution in [3.05, 3.63) is 71.4 Å². The monoisotopic (exact) mass is 342 g/mol. The maximum absolute atomic E-state index is 3.84. The van der Waals surface area contributed by atoms with Crippen LogP contribution in [0.5, 0.6) is 0 Å². The molecule has 2 nitrogen and oxygen atoms in total. The average Bonchev–Trinajstić information content (AvgIpc) is 3.06. The highest BCUT2D eigenvalue weighted by Gasteiger charge is 2.51. The quantitative estimate of drug-likeness (QED) is 0.537. The summed E-state index contributed by atoms with van der Waals surface area (Å²) in [5.41, 5.74) is 8.25. The molecule has 2 N–H and O–H groups in total. The van der Waals surface area contributed by atoms with E-state index in [-0.39, 0.29) is 11.0 Å². The van der Waals surface area contributed by atoms with Crippen LogP contribution in [-0.2, 0) is 0 Å². The second kappa shape index (κ2) is 5.03. The smallest absolute Gasteiger partial charge is 0.0608 e. The van der Waals surface area contributed by atoms with Crippen molar-refractivity contribution in [2.75, 3.05) is 5.32 Å². The molecule has 0 amide bonds. The molecule has 2 aliphatic rings. The number of allylic oxidation sites excluding steroid dienone is 1. The number of aromatic amines is 1. The van der Waals surface area contributed by atoms with E-state index >= 15 is 0 Å². The van der Waals surface area contributed by atoms with Crippen LogP contribution < -0.4 is 5.32 Å². The molecule has 26 heavy (non-hydrogen) atoms. The predicted octanol–water partition coefficient (Wildman–Crippen LogP) is 6.26. The van der Waals surface area contributed by atoms with Gasteiger partial charge in [-0.05, 0) is 49.0 Å². The van der Waals surface area contributed by atoms with E-state index in [1.807, 2.05) is 0 Å². The maximum Gasteiger partial charge on any atom is 0.0608 e. The summed E-state index contributed by atoms with van der Waals surface area (Å²) >= 11 is 0. The van der Waals surface area contributed by atoms with Crippen LogP contribution in [0.25, 0.3) is 16.5 Å². The van der Waals surface area contributed by atoms with Crippen LogP contribution in [0.4, 0.5) is 5.69 Å². The van der Waals surface area contributed by atoms with Gasteiger partial charge in [0.2, 0.25) is 0 Å². The minimum absolute atomic E-state index is 0.0500. The summed E-state index contributed by atoms with van der Waals surface area (Å²) in [7, 11) is 0. The molecule has 2 unspecified atom stereocenters. The third-order valence-electron chi connectivity index (χ3n) is 6.39. The Balaban J connectivity index is 1.72. The Morgan fingerprint density at radius 3 is 2.54 bits per heavy atom. The van der Waals surface area contributed by atoms with Crippen molar-refractivity contribution in [3.8, 4) is 0 Å². The summed E-state index contributed by atoms with van der Waals surface area (Å²) in [5, 5.41) is 5.18. The first-order chi connectivity index (χ1) is 12.4. The van der Waals surface area contributed by atoms with E-state index in [0.29, 0.717) is 5.92 Å². The third-order valence-corrected chi connectivity index (χ3v) is 6.39. The molecule has 5 rings (SSSR count). The molecule has 0 fully saturated rings.